The van der Waals surface area contributed by atoms with E-state index in [9.17, 15) is 0 Å². The molecule has 0 radical (unpaired) electrons. The lowest BCUT2D eigenvalue weighted by Gasteiger charge is -2.10. The van der Waals surface area contributed by atoms with Gasteiger partial charge in [-0.2, -0.15) is 15.0 Å². The third-order valence-corrected chi connectivity index (χ3v) is 3.14. The number of rotatable bonds is 5. The Kier molecular flexibility index (Phi) is 7.20. The van der Waals surface area contributed by atoms with Gasteiger partial charge in [-0.25, -0.2) is 4.99 Å². The number of aliphatic imine (C=N–C) groups is 1. The van der Waals surface area contributed by atoms with Crippen LogP contribution < -0.4 is 11.1 Å². The molecule has 0 aromatic carbocycles. The molecule has 0 saturated carbocycles. The predicted octanol–water partition coefficient (Wildman–Crippen LogP) is 0.808. The van der Waals surface area contributed by atoms with Crippen molar-refractivity contribution in [3.8, 4) is 0 Å². The van der Waals surface area contributed by atoms with Crippen LogP contribution in [0.2, 0.25) is 0 Å². The maximum absolute atomic E-state index is 5.82. The lowest BCUT2D eigenvalue weighted by Crippen LogP contribution is -2.37. The molecule has 0 amide bonds. The SMILES string of the molecule is CCn1nc(C)c(CN=C(N)NCC2CCCO2)n1.I. The summed E-state index contributed by atoms with van der Waals surface area (Å²) < 4.78 is 5.50. The third kappa shape index (κ3) is 4.89. The van der Waals surface area contributed by atoms with Gasteiger partial charge >= 0.3 is 0 Å². The van der Waals surface area contributed by atoms with Gasteiger partial charge in [-0.05, 0) is 26.7 Å². The molecule has 1 aromatic heterocycles. The molecule has 20 heavy (non-hydrogen) atoms. The minimum absolute atomic E-state index is 0. The van der Waals surface area contributed by atoms with Gasteiger partial charge in [0.05, 0.1) is 24.9 Å². The van der Waals surface area contributed by atoms with Crippen LogP contribution in [-0.4, -0.2) is 40.2 Å². The van der Waals surface area contributed by atoms with E-state index in [2.05, 4.69) is 20.5 Å². The smallest absolute Gasteiger partial charge is 0.189 e. The normalized spacial score (nSPS) is 18.9. The van der Waals surface area contributed by atoms with Crippen molar-refractivity contribution in [1.29, 1.82) is 0 Å². The topological polar surface area (TPSA) is 90.4 Å². The van der Waals surface area contributed by atoms with Crippen LogP contribution in [0, 0.1) is 6.92 Å². The number of hydrogen-bond donors (Lipinski definition) is 2. The Hall–Kier alpha value is -0.900. The molecule has 0 aliphatic carbocycles. The van der Waals surface area contributed by atoms with Gasteiger partial charge in [-0.15, -0.1) is 24.0 Å². The van der Waals surface area contributed by atoms with Gasteiger partial charge in [0, 0.05) is 13.2 Å². The van der Waals surface area contributed by atoms with E-state index < -0.39 is 0 Å². The van der Waals surface area contributed by atoms with Crippen molar-refractivity contribution >= 4 is 29.9 Å². The number of guanidine groups is 1. The number of nitrogens with two attached hydrogens (primary N) is 1. The maximum Gasteiger partial charge on any atom is 0.189 e. The molecular weight excluding hydrogens is 371 g/mol. The second-order valence-corrected chi connectivity index (χ2v) is 4.64. The Morgan fingerprint density at radius 1 is 1.55 bits per heavy atom. The Balaban J connectivity index is 0.00000200. The standard InChI is InChI=1S/C12H22N6O.HI/c1-3-18-16-9(2)11(17-18)8-15-12(13)14-7-10-5-4-6-19-10;/h10H,3-8H2,1-2H3,(H3,13,14,15);1H. The van der Waals surface area contributed by atoms with Crippen molar-refractivity contribution in [2.75, 3.05) is 13.2 Å². The highest BCUT2D eigenvalue weighted by Crippen LogP contribution is 2.10. The van der Waals surface area contributed by atoms with Gasteiger partial charge in [-0.1, -0.05) is 0 Å². The number of halogens is 1. The number of hydrogen-bond acceptors (Lipinski definition) is 4. The van der Waals surface area contributed by atoms with Crippen LogP contribution in [0.1, 0.15) is 31.2 Å². The molecule has 0 bridgehead atoms. The van der Waals surface area contributed by atoms with Gasteiger partial charge in [-0.3, -0.25) is 0 Å². The van der Waals surface area contributed by atoms with Gasteiger partial charge < -0.3 is 15.8 Å². The zero-order valence-electron chi connectivity index (χ0n) is 12.0. The number of nitrogens with zero attached hydrogens (tertiary/aromatic N) is 4. The Bertz CT molecular complexity index is 441. The van der Waals surface area contributed by atoms with E-state index in [1.54, 1.807) is 4.80 Å². The average Bonchev–Trinajstić information content (AvgIpc) is 3.03. The lowest BCUT2D eigenvalue weighted by atomic mass is 10.2. The first kappa shape index (κ1) is 17.2. The first-order valence-corrected chi connectivity index (χ1v) is 6.75. The van der Waals surface area contributed by atoms with Crippen LogP contribution >= 0.6 is 24.0 Å². The molecule has 3 N–H and O–H groups in total. The summed E-state index contributed by atoms with van der Waals surface area (Å²) in [7, 11) is 0. The van der Waals surface area contributed by atoms with Crippen molar-refractivity contribution in [1.82, 2.24) is 20.3 Å². The molecule has 1 aliphatic rings. The van der Waals surface area contributed by atoms with E-state index >= 15 is 0 Å². The highest BCUT2D eigenvalue weighted by molar-refractivity contribution is 14.0. The van der Waals surface area contributed by atoms with E-state index in [0.717, 1.165) is 43.9 Å². The first-order chi connectivity index (χ1) is 9.19. The molecule has 1 aliphatic heterocycles. The average molecular weight is 394 g/mol. The molecule has 1 fully saturated rings. The quantitative estimate of drug-likeness (QED) is 0.438. The van der Waals surface area contributed by atoms with Gasteiger partial charge in [0.2, 0.25) is 0 Å². The van der Waals surface area contributed by atoms with Crippen LogP contribution in [0.15, 0.2) is 4.99 Å². The zero-order valence-corrected chi connectivity index (χ0v) is 14.3. The minimum atomic E-state index is 0. The van der Waals surface area contributed by atoms with Crippen molar-refractivity contribution in [2.45, 2.75) is 45.9 Å². The number of aryl methyl sites for hydroxylation is 2. The summed E-state index contributed by atoms with van der Waals surface area (Å²) in [5.74, 6) is 0.431. The molecule has 114 valence electrons. The molecule has 2 rings (SSSR count). The van der Waals surface area contributed by atoms with E-state index in [0.29, 0.717) is 12.5 Å². The van der Waals surface area contributed by atoms with Crippen molar-refractivity contribution < 1.29 is 4.74 Å². The van der Waals surface area contributed by atoms with Crippen molar-refractivity contribution in [3.05, 3.63) is 11.4 Å². The highest BCUT2D eigenvalue weighted by atomic mass is 127. The first-order valence-electron chi connectivity index (χ1n) is 6.75. The Morgan fingerprint density at radius 3 is 2.95 bits per heavy atom. The predicted molar refractivity (Wildman–Crippen MR) is 88.2 cm³/mol. The minimum Gasteiger partial charge on any atom is -0.376 e. The molecule has 0 spiro atoms. The van der Waals surface area contributed by atoms with E-state index in [-0.39, 0.29) is 30.1 Å². The van der Waals surface area contributed by atoms with Crippen molar-refractivity contribution in [2.24, 2.45) is 10.7 Å². The summed E-state index contributed by atoms with van der Waals surface area (Å²) in [5.41, 5.74) is 7.58. The fourth-order valence-corrected chi connectivity index (χ4v) is 1.99. The molecule has 1 saturated heterocycles. The van der Waals surface area contributed by atoms with E-state index in [4.69, 9.17) is 10.5 Å². The second kappa shape index (κ2) is 8.40. The molecular formula is C12H23IN6O. The van der Waals surface area contributed by atoms with Gasteiger partial charge in [0.25, 0.3) is 0 Å². The molecule has 2 heterocycles. The van der Waals surface area contributed by atoms with Crippen LogP contribution in [0.25, 0.3) is 0 Å². The summed E-state index contributed by atoms with van der Waals surface area (Å²) >= 11 is 0. The fraction of sp³-hybridized carbons (Fsp3) is 0.750. The van der Waals surface area contributed by atoms with Gasteiger partial charge in [0.15, 0.2) is 5.96 Å². The van der Waals surface area contributed by atoms with Crippen LogP contribution in [0.4, 0.5) is 0 Å². The molecule has 1 aromatic rings. The summed E-state index contributed by atoms with van der Waals surface area (Å²) in [6.45, 7) is 6.72. The number of ether oxygens (including phenoxy) is 1. The Morgan fingerprint density at radius 2 is 2.35 bits per heavy atom. The molecule has 8 heteroatoms. The fourth-order valence-electron chi connectivity index (χ4n) is 1.99. The maximum atomic E-state index is 5.82. The van der Waals surface area contributed by atoms with E-state index in [1.165, 1.54) is 0 Å². The second-order valence-electron chi connectivity index (χ2n) is 4.64. The molecule has 1 unspecified atom stereocenters. The molecule has 7 nitrogen and oxygen atoms in total. The molecule has 1 atom stereocenters. The highest BCUT2D eigenvalue weighted by Gasteiger charge is 2.15. The Labute approximate surface area is 136 Å². The third-order valence-electron chi connectivity index (χ3n) is 3.14. The summed E-state index contributed by atoms with van der Waals surface area (Å²) in [6, 6.07) is 0. The van der Waals surface area contributed by atoms with Crippen molar-refractivity contribution in [3.63, 3.8) is 0 Å². The summed E-state index contributed by atoms with van der Waals surface area (Å²) in [6.07, 6.45) is 2.48. The zero-order chi connectivity index (χ0) is 13.7. The monoisotopic (exact) mass is 394 g/mol. The lowest BCUT2D eigenvalue weighted by molar-refractivity contribution is 0.114. The van der Waals surface area contributed by atoms with Gasteiger partial charge in [0.1, 0.15) is 5.69 Å². The number of nitrogens with one attached hydrogen (secondary N) is 1. The summed E-state index contributed by atoms with van der Waals surface area (Å²) in [4.78, 5) is 5.94. The van der Waals surface area contributed by atoms with Crippen LogP contribution in [-0.2, 0) is 17.8 Å². The van der Waals surface area contributed by atoms with Crippen LogP contribution in [0.3, 0.4) is 0 Å². The largest absolute Gasteiger partial charge is 0.376 e. The van der Waals surface area contributed by atoms with Crippen LogP contribution in [0.5, 0.6) is 0 Å². The van der Waals surface area contributed by atoms with E-state index in [1.807, 2.05) is 13.8 Å². The summed E-state index contributed by atoms with van der Waals surface area (Å²) in [5, 5.41) is 11.7. The number of aromatic nitrogens is 3.